The number of nitrogens with zero attached hydrogens (tertiary/aromatic N) is 2. The first-order chi connectivity index (χ1) is 9.48. The van der Waals surface area contributed by atoms with E-state index in [1.54, 1.807) is 17.1 Å². The Labute approximate surface area is 122 Å². The molecule has 1 aliphatic rings. The highest BCUT2D eigenvalue weighted by Gasteiger charge is 2.55. The van der Waals surface area contributed by atoms with Gasteiger partial charge >= 0.3 is 6.03 Å². The minimum Gasteiger partial charge on any atom is -0.306 e. The van der Waals surface area contributed by atoms with Crippen molar-refractivity contribution in [2.24, 2.45) is 5.92 Å². The summed E-state index contributed by atoms with van der Waals surface area (Å²) >= 11 is 0. The Kier molecular flexibility index (Phi) is 5.54. The molecule has 0 aromatic rings. The van der Waals surface area contributed by atoms with Crippen molar-refractivity contribution in [2.45, 2.75) is 45.6 Å². The van der Waals surface area contributed by atoms with Crippen molar-refractivity contribution in [3.05, 3.63) is 25.3 Å². The van der Waals surface area contributed by atoms with Gasteiger partial charge in [-0.3, -0.25) is 9.69 Å². The molecule has 1 rings (SSSR count). The van der Waals surface area contributed by atoms with Crippen molar-refractivity contribution in [1.29, 1.82) is 0 Å². The molecule has 0 spiro atoms. The van der Waals surface area contributed by atoms with Gasteiger partial charge in [0.25, 0.3) is 5.91 Å². The average molecular weight is 278 g/mol. The van der Waals surface area contributed by atoms with Gasteiger partial charge < -0.3 is 4.90 Å². The van der Waals surface area contributed by atoms with Crippen molar-refractivity contribution < 1.29 is 9.59 Å². The van der Waals surface area contributed by atoms with Crippen LogP contribution in [0.15, 0.2) is 25.3 Å². The van der Waals surface area contributed by atoms with E-state index in [2.05, 4.69) is 27.0 Å². The molecule has 4 nitrogen and oxygen atoms in total. The highest BCUT2D eigenvalue weighted by atomic mass is 16.2. The predicted octanol–water partition coefficient (Wildman–Crippen LogP) is 3.21. The molecule has 1 saturated heterocycles. The lowest BCUT2D eigenvalue weighted by atomic mass is 9.83. The van der Waals surface area contributed by atoms with Crippen LogP contribution in [0.5, 0.6) is 0 Å². The van der Waals surface area contributed by atoms with E-state index in [0.717, 1.165) is 6.42 Å². The van der Waals surface area contributed by atoms with Crippen LogP contribution in [0.2, 0.25) is 0 Å². The van der Waals surface area contributed by atoms with Crippen LogP contribution in [0.4, 0.5) is 4.79 Å². The maximum atomic E-state index is 12.8. The molecule has 1 aliphatic heterocycles. The molecule has 0 bridgehead atoms. The van der Waals surface area contributed by atoms with E-state index in [0.29, 0.717) is 25.3 Å². The molecule has 1 heterocycles. The van der Waals surface area contributed by atoms with Gasteiger partial charge in [0.1, 0.15) is 5.54 Å². The standard InChI is InChI=1S/C16H26N2O2/c1-6-10-17-14(19)16(9-4,12-13(5)8-3)18(11-7-2)15(17)20/h6-7,13H,1-2,8-12H2,3-5H3. The van der Waals surface area contributed by atoms with Crippen molar-refractivity contribution in [1.82, 2.24) is 9.80 Å². The molecule has 0 radical (unpaired) electrons. The molecular formula is C16H26N2O2. The SMILES string of the molecule is C=CCN1C(=O)N(CC=C)C(CC)(CC(C)CC)C1=O. The molecular weight excluding hydrogens is 252 g/mol. The van der Waals surface area contributed by atoms with E-state index >= 15 is 0 Å². The number of amides is 3. The third-order valence-corrected chi connectivity index (χ3v) is 4.21. The largest absolute Gasteiger partial charge is 0.328 e. The van der Waals surface area contributed by atoms with E-state index in [-0.39, 0.29) is 18.5 Å². The van der Waals surface area contributed by atoms with Crippen LogP contribution in [0.1, 0.15) is 40.0 Å². The van der Waals surface area contributed by atoms with Gasteiger partial charge in [0, 0.05) is 13.1 Å². The van der Waals surface area contributed by atoms with Crippen molar-refractivity contribution in [3.8, 4) is 0 Å². The van der Waals surface area contributed by atoms with Crippen molar-refractivity contribution in [3.63, 3.8) is 0 Å². The molecule has 1 fully saturated rings. The topological polar surface area (TPSA) is 40.6 Å². The van der Waals surface area contributed by atoms with Gasteiger partial charge in [0.15, 0.2) is 0 Å². The minimum absolute atomic E-state index is 0.0907. The summed E-state index contributed by atoms with van der Waals surface area (Å²) in [4.78, 5) is 28.2. The molecule has 0 aliphatic carbocycles. The fourth-order valence-electron chi connectivity index (χ4n) is 2.86. The summed E-state index contributed by atoms with van der Waals surface area (Å²) in [5.41, 5.74) is -0.719. The maximum absolute atomic E-state index is 12.8. The molecule has 2 unspecified atom stereocenters. The van der Waals surface area contributed by atoms with E-state index in [1.165, 1.54) is 4.90 Å². The minimum atomic E-state index is -0.719. The summed E-state index contributed by atoms with van der Waals surface area (Å²) in [6.07, 6.45) is 5.60. The van der Waals surface area contributed by atoms with Gasteiger partial charge in [-0.25, -0.2) is 4.79 Å². The van der Waals surface area contributed by atoms with Crippen molar-refractivity contribution in [2.75, 3.05) is 13.1 Å². The van der Waals surface area contributed by atoms with Gasteiger partial charge in [0.05, 0.1) is 0 Å². The highest BCUT2D eigenvalue weighted by molar-refractivity contribution is 6.07. The first-order valence-electron chi connectivity index (χ1n) is 7.33. The zero-order valence-corrected chi connectivity index (χ0v) is 12.9. The van der Waals surface area contributed by atoms with Gasteiger partial charge in [-0.2, -0.15) is 0 Å². The third-order valence-electron chi connectivity index (χ3n) is 4.21. The first kappa shape index (κ1) is 16.5. The first-order valence-corrected chi connectivity index (χ1v) is 7.33. The second-order valence-electron chi connectivity index (χ2n) is 5.49. The lowest BCUT2D eigenvalue weighted by Gasteiger charge is -2.35. The summed E-state index contributed by atoms with van der Waals surface area (Å²) in [5, 5.41) is 0. The Bertz CT molecular complexity index is 405. The third kappa shape index (κ3) is 2.65. The number of carbonyl (C=O) groups is 2. The molecule has 0 aromatic heterocycles. The Morgan fingerprint density at radius 2 is 1.80 bits per heavy atom. The molecule has 0 N–H and O–H groups in total. The van der Waals surface area contributed by atoms with Crippen LogP contribution in [0, 0.1) is 5.92 Å². The lowest BCUT2D eigenvalue weighted by molar-refractivity contribution is -0.134. The Balaban J connectivity index is 3.20. The Morgan fingerprint density at radius 1 is 1.20 bits per heavy atom. The van der Waals surface area contributed by atoms with Crippen LogP contribution in [0.25, 0.3) is 0 Å². The van der Waals surface area contributed by atoms with Crippen LogP contribution in [-0.2, 0) is 4.79 Å². The Hall–Kier alpha value is -1.58. The summed E-state index contributed by atoms with van der Waals surface area (Å²) in [7, 11) is 0. The average Bonchev–Trinajstić information content (AvgIpc) is 2.63. The van der Waals surface area contributed by atoms with Crippen LogP contribution < -0.4 is 0 Å². The quantitative estimate of drug-likeness (QED) is 0.505. The van der Waals surface area contributed by atoms with E-state index < -0.39 is 5.54 Å². The normalized spacial score (nSPS) is 24.1. The molecule has 0 saturated carbocycles. The smallest absolute Gasteiger partial charge is 0.306 e. The highest BCUT2D eigenvalue weighted by Crippen LogP contribution is 2.37. The fraction of sp³-hybridized carbons (Fsp3) is 0.625. The summed E-state index contributed by atoms with van der Waals surface area (Å²) in [5.74, 6) is 0.301. The second-order valence-corrected chi connectivity index (χ2v) is 5.49. The Morgan fingerprint density at radius 3 is 2.25 bits per heavy atom. The number of carbonyl (C=O) groups excluding carboxylic acids is 2. The number of imide groups is 1. The second kappa shape index (κ2) is 6.73. The van der Waals surface area contributed by atoms with Crippen LogP contribution in [-0.4, -0.2) is 40.4 Å². The summed E-state index contributed by atoms with van der Waals surface area (Å²) in [6, 6.07) is -0.222. The van der Waals surface area contributed by atoms with E-state index in [1.807, 2.05) is 6.92 Å². The molecule has 0 aromatic carbocycles. The zero-order valence-electron chi connectivity index (χ0n) is 12.9. The monoisotopic (exact) mass is 278 g/mol. The lowest BCUT2D eigenvalue weighted by Crippen LogP contribution is -2.50. The van der Waals surface area contributed by atoms with Gasteiger partial charge in [0.2, 0.25) is 0 Å². The predicted molar refractivity (Wildman–Crippen MR) is 81.3 cm³/mol. The zero-order chi connectivity index (χ0) is 15.3. The van der Waals surface area contributed by atoms with Gasteiger partial charge in [-0.15, -0.1) is 13.2 Å². The number of rotatable bonds is 8. The van der Waals surface area contributed by atoms with Crippen molar-refractivity contribution >= 4 is 11.9 Å². The maximum Gasteiger partial charge on any atom is 0.328 e. The van der Waals surface area contributed by atoms with Crippen LogP contribution in [0.3, 0.4) is 0 Å². The van der Waals surface area contributed by atoms with E-state index in [4.69, 9.17) is 0 Å². The van der Waals surface area contributed by atoms with Gasteiger partial charge in [-0.1, -0.05) is 39.3 Å². The van der Waals surface area contributed by atoms with E-state index in [9.17, 15) is 9.59 Å². The number of hydrogen-bond donors (Lipinski definition) is 0. The fourth-order valence-corrected chi connectivity index (χ4v) is 2.86. The molecule has 112 valence electrons. The summed E-state index contributed by atoms with van der Waals surface area (Å²) < 4.78 is 0. The number of hydrogen-bond acceptors (Lipinski definition) is 2. The van der Waals surface area contributed by atoms with Crippen LogP contribution >= 0.6 is 0 Å². The summed E-state index contributed by atoms with van der Waals surface area (Å²) in [6.45, 7) is 14.2. The molecule has 3 amide bonds. The molecule has 2 atom stereocenters. The molecule has 4 heteroatoms. The van der Waals surface area contributed by atoms with Gasteiger partial charge in [-0.05, 0) is 18.8 Å². The number of urea groups is 1. The molecule has 20 heavy (non-hydrogen) atoms.